The first kappa shape index (κ1) is 17.8. The topological polar surface area (TPSA) is 30.5 Å². The van der Waals surface area contributed by atoms with Crippen LogP contribution in [0.2, 0.25) is 10.0 Å². The number of hydrogen-bond acceptors (Lipinski definition) is 3. The van der Waals surface area contributed by atoms with Crippen LogP contribution in [0.5, 0.6) is 11.5 Å². The molecule has 2 rings (SSSR count). The van der Waals surface area contributed by atoms with Crippen molar-refractivity contribution in [3.8, 4) is 11.5 Å². The third kappa shape index (κ3) is 5.22. The molecule has 0 fully saturated rings. The molecular weight excluding hydrogens is 333 g/mol. The Labute approximate surface area is 147 Å². The van der Waals surface area contributed by atoms with Crippen LogP contribution in [0.15, 0.2) is 36.4 Å². The number of ether oxygens (including phenoxy) is 2. The quantitative estimate of drug-likeness (QED) is 0.651. The summed E-state index contributed by atoms with van der Waals surface area (Å²) in [5, 5.41) is 4.48. The number of hydrogen-bond donors (Lipinski definition) is 1. The number of anilines is 1. The molecule has 0 saturated carbocycles. The van der Waals surface area contributed by atoms with Gasteiger partial charge >= 0.3 is 0 Å². The van der Waals surface area contributed by atoms with Gasteiger partial charge in [-0.25, -0.2) is 0 Å². The minimum atomic E-state index is 0.537. The molecule has 0 spiro atoms. The number of nitrogens with one attached hydrogen (secondary N) is 1. The van der Waals surface area contributed by atoms with Gasteiger partial charge in [0.15, 0.2) is 0 Å². The molecule has 0 heterocycles. The van der Waals surface area contributed by atoms with Crippen LogP contribution in [0.1, 0.15) is 25.8 Å². The molecule has 2 aromatic rings. The van der Waals surface area contributed by atoms with Gasteiger partial charge < -0.3 is 14.8 Å². The Hall–Kier alpha value is -1.58. The molecule has 23 heavy (non-hydrogen) atoms. The monoisotopic (exact) mass is 353 g/mol. The summed E-state index contributed by atoms with van der Waals surface area (Å²) in [6, 6.07) is 11.4. The maximum Gasteiger partial charge on any atom is 0.142 e. The van der Waals surface area contributed by atoms with Gasteiger partial charge in [-0.3, -0.25) is 0 Å². The van der Waals surface area contributed by atoms with Crippen molar-refractivity contribution >= 4 is 28.9 Å². The molecule has 0 atom stereocenters. The van der Waals surface area contributed by atoms with Gasteiger partial charge in [-0.2, -0.15) is 0 Å². The second-order valence-electron chi connectivity index (χ2n) is 5.04. The van der Waals surface area contributed by atoms with E-state index in [-0.39, 0.29) is 0 Å². The molecule has 0 unspecified atom stereocenters. The molecule has 0 bridgehead atoms. The third-order valence-electron chi connectivity index (χ3n) is 3.18. The molecular formula is C18H21Cl2NO2. The summed E-state index contributed by atoms with van der Waals surface area (Å²) in [4.78, 5) is 0. The number of rotatable bonds is 8. The predicted molar refractivity (Wildman–Crippen MR) is 97.2 cm³/mol. The molecule has 0 saturated heterocycles. The van der Waals surface area contributed by atoms with E-state index in [1.807, 2.05) is 37.3 Å². The lowest BCUT2D eigenvalue weighted by Gasteiger charge is -2.15. The van der Waals surface area contributed by atoms with E-state index >= 15 is 0 Å². The molecule has 0 aromatic heterocycles. The highest BCUT2D eigenvalue weighted by molar-refractivity contribution is 6.35. The first-order valence-electron chi connectivity index (χ1n) is 7.71. The van der Waals surface area contributed by atoms with Crippen molar-refractivity contribution in [2.45, 2.75) is 26.8 Å². The minimum absolute atomic E-state index is 0.537. The molecule has 3 nitrogen and oxygen atoms in total. The van der Waals surface area contributed by atoms with Gasteiger partial charge in [-0.05, 0) is 49.7 Å². The highest BCUT2D eigenvalue weighted by atomic mass is 35.5. The van der Waals surface area contributed by atoms with E-state index in [0.29, 0.717) is 35.6 Å². The summed E-state index contributed by atoms with van der Waals surface area (Å²) in [6.07, 6.45) is 0.921. The van der Waals surface area contributed by atoms with Crippen molar-refractivity contribution in [1.29, 1.82) is 0 Å². The largest absolute Gasteiger partial charge is 0.494 e. The van der Waals surface area contributed by atoms with E-state index in [1.165, 1.54) is 0 Å². The van der Waals surface area contributed by atoms with Gasteiger partial charge in [0.1, 0.15) is 11.5 Å². The van der Waals surface area contributed by atoms with Gasteiger partial charge in [-0.1, -0.05) is 30.1 Å². The van der Waals surface area contributed by atoms with Crippen LogP contribution in [0.4, 0.5) is 5.69 Å². The van der Waals surface area contributed by atoms with Crippen LogP contribution in [-0.4, -0.2) is 13.2 Å². The minimum Gasteiger partial charge on any atom is -0.494 e. The summed E-state index contributed by atoms with van der Waals surface area (Å²) < 4.78 is 11.2. The summed E-state index contributed by atoms with van der Waals surface area (Å²) in [5.74, 6) is 1.55. The zero-order chi connectivity index (χ0) is 16.7. The van der Waals surface area contributed by atoms with Gasteiger partial charge in [0.25, 0.3) is 0 Å². The maximum absolute atomic E-state index is 6.25. The Balaban J connectivity index is 2.09. The van der Waals surface area contributed by atoms with Crippen LogP contribution in [0.25, 0.3) is 0 Å². The fourth-order valence-electron chi connectivity index (χ4n) is 2.14. The van der Waals surface area contributed by atoms with Crippen molar-refractivity contribution < 1.29 is 9.47 Å². The molecule has 0 radical (unpaired) electrons. The Morgan fingerprint density at radius 3 is 2.39 bits per heavy atom. The molecule has 2 aromatic carbocycles. The lowest BCUT2D eigenvalue weighted by Crippen LogP contribution is -2.05. The SMILES string of the molecule is CCCOc1c(Cl)cc(Cl)cc1CNc1ccc(OCC)cc1. The maximum atomic E-state index is 6.25. The van der Waals surface area contributed by atoms with Crippen LogP contribution in [0.3, 0.4) is 0 Å². The number of halogens is 2. The van der Waals surface area contributed by atoms with E-state index in [1.54, 1.807) is 6.07 Å². The van der Waals surface area contributed by atoms with Crippen LogP contribution < -0.4 is 14.8 Å². The smallest absolute Gasteiger partial charge is 0.142 e. The lowest BCUT2D eigenvalue weighted by atomic mass is 10.2. The van der Waals surface area contributed by atoms with Crippen molar-refractivity contribution in [1.82, 2.24) is 0 Å². The summed E-state index contributed by atoms with van der Waals surface area (Å²) in [5.41, 5.74) is 1.93. The molecule has 0 aliphatic rings. The van der Waals surface area contributed by atoms with Crippen molar-refractivity contribution in [3.63, 3.8) is 0 Å². The third-order valence-corrected chi connectivity index (χ3v) is 3.68. The van der Waals surface area contributed by atoms with E-state index in [2.05, 4.69) is 12.2 Å². The van der Waals surface area contributed by atoms with Gasteiger partial charge in [0.2, 0.25) is 0 Å². The first-order valence-corrected chi connectivity index (χ1v) is 8.47. The van der Waals surface area contributed by atoms with Crippen LogP contribution >= 0.6 is 23.2 Å². The normalized spacial score (nSPS) is 10.4. The molecule has 0 aliphatic heterocycles. The average Bonchev–Trinajstić information content (AvgIpc) is 2.53. The second kappa shape index (κ2) is 8.90. The molecule has 0 aliphatic carbocycles. The van der Waals surface area contributed by atoms with Gasteiger partial charge in [0.05, 0.1) is 18.2 Å². The van der Waals surface area contributed by atoms with Crippen LogP contribution in [-0.2, 0) is 6.54 Å². The Bertz CT molecular complexity index is 630. The lowest BCUT2D eigenvalue weighted by molar-refractivity contribution is 0.314. The van der Waals surface area contributed by atoms with Gasteiger partial charge in [-0.15, -0.1) is 0 Å². The standard InChI is InChI=1S/C18H21Cl2NO2/c1-3-9-23-18-13(10-14(19)11-17(18)20)12-21-15-5-7-16(8-6-15)22-4-2/h5-8,10-11,21H,3-4,9,12H2,1-2H3. The molecule has 0 amide bonds. The van der Waals surface area contributed by atoms with Crippen molar-refractivity contribution in [2.24, 2.45) is 0 Å². The average molecular weight is 354 g/mol. The highest BCUT2D eigenvalue weighted by Gasteiger charge is 2.10. The van der Waals surface area contributed by atoms with E-state index in [9.17, 15) is 0 Å². The van der Waals surface area contributed by atoms with E-state index in [4.69, 9.17) is 32.7 Å². The van der Waals surface area contributed by atoms with Crippen molar-refractivity contribution in [3.05, 3.63) is 52.0 Å². The van der Waals surface area contributed by atoms with Gasteiger partial charge in [0, 0.05) is 22.8 Å². The summed E-state index contributed by atoms with van der Waals surface area (Å²) >= 11 is 12.4. The Morgan fingerprint density at radius 1 is 1.00 bits per heavy atom. The molecule has 124 valence electrons. The number of benzene rings is 2. The summed E-state index contributed by atoms with van der Waals surface area (Å²) in [7, 11) is 0. The fraction of sp³-hybridized carbons (Fsp3) is 0.333. The zero-order valence-electron chi connectivity index (χ0n) is 13.4. The van der Waals surface area contributed by atoms with Crippen molar-refractivity contribution in [2.75, 3.05) is 18.5 Å². The Kier molecular flexibility index (Phi) is 6.87. The van der Waals surface area contributed by atoms with E-state index in [0.717, 1.165) is 23.4 Å². The molecule has 5 heteroatoms. The summed E-state index contributed by atoms with van der Waals surface area (Å²) in [6.45, 7) is 5.88. The predicted octanol–water partition coefficient (Wildman–Crippen LogP) is 5.79. The Morgan fingerprint density at radius 2 is 1.74 bits per heavy atom. The molecule has 1 N–H and O–H groups in total. The highest BCUT2D eigenvalue weighted by Crippen LogP contribution is 2.33. The van der Waals surface area contributed by atoms with E-state index < -0.39 is 0 Å². The van der Waals surface area contributed by atoms with Crippen LogP contribution in [0, 0.1) is 0 Å². The fourth-order valence-corrected chi connectivity index (χ4v) is 2.73. The second-order valence-corrected chi connectivity index (χ2v) is 5.88. The first-order chi connectivity index (χ1) is 11.1. The zero-order valence-corrected chi connectivity index (χ0v) is 14.9.